The Morgan fingerprint density at radius 2 is 1.69 bits per heavy atom. The average Bonchev–Trinajstić information content (AvgIpc) is 2.80. The van der Waals surface area contributed by atoms with Crippen molar-refractivity contribution in [2.75, 3.05) is 20.3 Å². The predicted octanol–water partition coefficient (Wildman–Crippen LogP) is 5.10. The minimum absolute atomic E-state index is 0.150. The van der Waals surface area contributed by atoms with Gasteiger partial charge in [0.05, 0.1) is 13.7 Å². The molecule has 0 aliphatic carbocycles. The van der Waals surface area contributed by atoms with E-state index >= 15 is 0 Å². The van der Waals surface area contributed by atoms with Gasteiger partial charge in [-0.15, -0.1) is 0 Å². The van der Waals surface area contributed by atoms with Crippen molar-refractivity contribution < 1.29 is 19.1 Å². The molecule has 1 unspecified atom stereocenters. The lowest BCUT2D eigenvalue weighted by molar-refractivity contribution is -0.140. The van der Waals surface area contributed by atoms with E-state index in [1.807, 2.05) is 31.2 Å². The maximum atomic E-state index is 13.1. The summed E-state index contributed by atoms with van der Waals surface area (Å²) in [5.41, 5.74) is 0.619. The van der Waals surface area contributed by atoms with Crippen LogP contribution in [0.15, 0.2) is 42.5 Å². The second-order valence-corrected chi connectivity index (χ2v) is 8.13. The number of nitrogens with one attached hydrogen (secondary N) is 1. The zero-order valence-corrected chi connectivity index (χ0v) is 20.2. The normalized spacial score (nSPS) is 11.5. The van der Waals surface area contributed by atoms with Crippen LogP contribution in [0.2, 0.25) is 10.0 Å². The molecular weight excluding hydrogens is 451 g/mol. The summed E-state index contributed by atoms with van der Waals surface area (Å²) >= 11 is 12.6. The highest BCUT2D eigenvalue weighted by molar-refractivity contribution is 6.36. The van der Waals surface area contributed by atoms with E-state index in [1.54, 1.807) is 32.2 Å². The third-order valence-electron chi connectivity index (χ3n) is 4.97. The fourth-order valence-corrected chi connectivity index (χ4v) is 3.58. The van der Waals surface area contributed by atoms with Crippen molar-refractivity contribution in [3.63, 3.8) is 0 Å². The molecular formula is C24H30Cl2N2O4. The van der Waals surface area contributed by atoms with Gasteiger partial charge in [0, 0.05) is 35.1 Å². The van der Waals surface area contributed by atoms with E-state index in [0.717, 1.165) is 12.2 Å². The fraction of sp³-hybridized carbons (Fsp3) is 0.417. The molecule has 0 spiro atoms. The van der Waals surface area contributed by atoms with Crippen LogP contribution in [-0.2, 0) is 16.1 Å². The van der Waals surface area contributed by atoms with Crippen LogP contribution in [0.3, 0.4) is 0 Å². The van der Waals surface area contributed by atoms with Gasteiger partial charge in [0.15, 0.2) is 0 Å². The summed E-state index contributed by atoms with van der Waals surface area (Å²) in [6, 6.07) is 11.8. The van der Waals surface area contributed by atoms with Crippen molar-refractivity contribution in [3.05, 3.63) is 58.1 Å². The maximum absolute atomic E-state index is 13.1. The van der Waals surface area contributed by atoms with Crippen molar-refractivity contribution in [2.24, 2.45) is 0 Å². The zero-order chi connectivity index (χ0) is 23.5. The molecule has 0 heterocycles. The Labute approximate surface area is 199 Å². The van der Waals surface area contributed by atoms with Gasteiger partial charge in [-0.25, -0.2) is 0 Å². The molecule has 32 heavy (non-hydrogen) atoms. The molecule has 0 bridgehead atoms. The smallest absolute Gasteiger partial charge is 0.242 e. The molecule has 6 nitrogen and oxygen atoms in total. The molecule has 0 radical (unpaired) electrons. The van der Waals surface area contributed by atoms with Crippen LogP contribution in [-0.4, -0.2) is 43.0 Å². The predicted molar refractivity (Wildman–Crippen MR) is 127 cm³/mol. The van der Waals surface area contributed by atoms with Crippen molar-refractivity contribution in [1.82, 2.24) is 10.2 Å². The number of halogens is 2. The van der Waals surface area contributed by atoms with Crippen LogP contribution >= 0.6 is 23.2 Å². The van der Waals surface area contributed by atoms with E-state index < -0.39 is 6.04 Å². The molecule has 2 aromatic carbocycles. The molecule has 1 N–H and O–H groups in total. The number of carbonyl (C=O) groups excluding carboxylic acids is 2. The number of carbonyl (C=O) groups is 2. The first-order chi connectivity index (χ1) is 15.4. The summed E-state index contributed by atoms with van der Waals surface area (Å²) in [6.45, 7) is 4.75. The van der Waals surface area contributed by atoms with Gasteiger partial charge in [-0.1, -0.05) is 36.2 Å². The van der Waals surface area contributed by atoms with Crippen LogP contribution in [0.1, 0.15) is 38.7 Å². The Kier molecular flexibility index (Phi) is 10.6. The van der Waals surface area contributed by atoms with E-state index in [0.29, 0.717) is 40.9 Å². The minimum Gasteiger partial charge on any atom is -0.497 e. The fourth-order valence-electron chi connectivity index (χ4n) is 3.06. The van der Waals surface area contributed by atoms with Gasteiger partial charge >= 0.3 is 0 Å². The monoisotopic (exact) mass is 480 g/mol. The molecule has 8 heteroatoms. The molecule has 0 aliphatic heterocycles. The van der Waals surface area contributed by atoms with E-state index in [1.165, 1.54) is 4.90 Å². The number of hydrogen-bond acceptors (Lipinski definition) is 4. The first kappa shape index (κ1) is 25.8. The van der Waals surface area contributed by atoms with Crippen LogP contribution in [0, 0.1) is 0 Å². The summed E-state index contributed by atoms with van der Waals surface area (Å²) in [6.07, 6.45) is 1.54. The van der Waals surface area contributed by atoms with Gasteiger partial charge in [-0.2, -0.15) is 0 Å². The highest BCUT2D eigenvalue weighted by Crippen LogP contribution is 2.27. The number of methoxy groups -OCH3 is 1. The SMILES string of the molecule is CCCNC(=O)C(C)N(Cc1c(Cl)cccc1Cl)C(=O)CCCOc1ccc(OC)cc1. The first-order valence-electron chi connectivity index (χ1n) is 10.6. The highest BCUT2D eigenvalue weighted by Gasteiger charge is 2.27. The molecule has 1 atom stereocenters. The van der Waals surface area contributed by atoms with E-state index in [4.69, 9.17) is 32.7 Å². The van der Waals surface area contributed by atoms with Crippen molar-refractivity contribution in [1.29, 1.82) is 0 Å². The van der Waals surface area contributed by atoms with Gasteiger partial charge in [-0.05, 0) is 56.2 Å². The number of amides is 2. The number of benzene rings is 2. The topological polar surface area (TPSA) is 67.9 Å². The van der Waals surface area contributed by atoms with Gasteiger partial charge in [0.2, 0.25) is 11.8 Å². The molecule has 2 aromatic rings. The van der Waals surface area contributed by atoms with Crippen LogP contribution in [0.5, 0.6) is 11.5 Å². The number of nitrogens with zero attached hydrogens (tertiary/aromatic N) is 1. The van der Waals surface area contributed by atoms with E-state index in [2.05, 4.69) is 5.32 Å². The molecule has 0 fully saturated rings. The van der Waals surface area contributed by atoms with Gasteiger partial charge in [0.25, 0.3) is 0 Å². The molecule has 174 valence electrons. The lowest BCUT2D eigenvalue weighted by Gasteiger charge is -2.29. The Morgan fingerprint density at radius 3 is 2.28 bits per heavy atom. The first-order valence-corrected chi connectivity index (χ1v) is 11.4. The summed E-state index contributed by atoms with van der Waals surface area (Å²) in [5, 5.41) is 3.76. The molecule has 2 rings (SSSR count). The number of rotatable bonds is 12. The Bertz CT molecular complexity index is 870. The summed E-state index contributed by atoms with van der Waals surface area (Å²) in [4.78, 5) is 27.2. The third-order valence-corrected chi connectivity index (χ3v) is 5.68. The Morgan fingerprint density at radius 1 is 1.06 bits per heavy atom. The lowest BCUT2D eigenvalue weighted by atomic mass is 10.1. The second-order valence-electron chi connectivity index (χ2n) is 7.32. The summed E-state index contributed by atoms with van der Waals surface area (Å²) in [7, 11) is 1.60. The van der Waals surface area contributed by atoms with Crippen LogP contribution < -0.4 is 14.8 Å². The van der Waals surface area contributed by atoms with Gasteiger partial charge in [-0.3, -0.25) is 9.59 Å². The third kappa shape index (κ3) is 7.61. The number of hydrogen-bond donors (Lipinski definition) is 1. The summed E-state index contributed by atoms with van der Waals surface area (Å²) < 4.78 is 10.8. The van der Waals surface area contributed by atoms with Crippen LogP contribution in [0.4, 0.5) is 0 Å². The van der Waals surface area contributed by atoms with Crippen molar-refractivity contribution in [2.45, 2.75) is 45.7 Å². The molecule has 2 amide bonds. The molecule has 0 aromatic heterocycles. The maximum Gasteiger partial charge on any atom is 0.242 e. The molecule has 0 saturated heterocycles. The Balaban J connectivity index is 2.02. The van der Waals surface area contributed by atoms with Gasteiger partial charge < -0.3 is 19.7 Å². The summed E-state index contributed by atoms with van der Waals surface area (Å²) in [5.74, 6) is 1.07. The Hall–Kier alpha value is -2.44. The standard InChI is InChI=1S/C24H30Cl2N2O4/c1-4-14-27-24(30)17(2)28(16-20-21(25)7-5-8-22(20)26)23(29)9-6-15-32-19-12-10-18(31-3)11-13-19/h5,7-8,10-13,17H,4,6,9,14-16H2,1-3H3,(H,27,30). The molecule has 0 saturated carbocycles. The number of ether oxygens (including phenoxy) is 2. The lowest BCUT2D eigenvalue weighted by Crippen LogP contribution is -2.47. The van der Waals surface area contributed by atoms with E-state index in [9.17, 15) is 9.59 Å². The molecule has 0 aliphatic rings. The van der Waals surface area contributed by atoms with Crippen LogP contribution in [0.25, 0.3) is 0 Å². The average molecular weight is 481 g/mol. The van der Waals surface area contributed by atoms with E-state index in [-0.39, 0.29) is 24.8 Å². The largest absolute Gasteiger partial charge is 0.497 e. The highest BCUT2D eigenvalue weighted by atomic mass is 35.5. The minimum atomic E-state index is -0.663. The quantitative estimate of drug-likeness (QED) is 0.428. The van der Waals surface area contributed by atoms with Crippen molar-refractivity contribution >= 4 is 35.0 Å². The zero-order valence-electron chi connectivity index (χ0n) is 18.7. The second kappa shape index (κ2) is 13.2. The van der Waals surface area contributed by atoms with Gasteiger partial charge in [0.1, 0.15) is 17.5 Å². The van der Waals surface area contributed by atoms with Crippen molar-refractivity contribution in [3.8, 4) is 11.5 Å².